The molecule has 94 valence electrons. The number of rotatable bonds is 3. The highest BCUT2D eigenvalue weighted by Gasteiger charge is 2.29. The minimum Gasteiger partial charge on any atom is -0.335 e. The summed E-state index contributed by atoms with van der Waals surface area (Å²) in [6, 6.07) is 4.35. The molecule has 0 heterocycles. The molecular formula is C12H14Cl2FNO. The van der Waals surface area contributed by atoms with Gasteiger partial charge in [-0.3, -0.25) is 4.79 Å². The molecular weight excluding hydrogens is 264 g/mol. The van der Waals surface area contributed by atoms with E-state index in [2.05, 4.69) is 0 Å². The molecule has 0 saturated carbocycles. The zero-order chi connectivity index (χ0) is 13.2. The van der Waals surface area contributed by atoms with Crippen LogP contribution >= 0.6 is 23.2 Å². The zero-order valence-electron chi connectivity index (χ0n) is 9.93. The first kappa shape index (κ1) is 14.3. The van der Waals surface area contributed by atoms with Crippen molar-refractivity contribution in [2.75, 3.05) is 12.9 Å². The predicted octanol–water partition coefficient (Wildman–Crippen LogP) is 3.57. The topological polar surface area (TPSA) is 20.3 Å². The average molecular weight is 278 g/mol. The Bertz CT molecular complexity index is 435. The van der Waals surface area contributed by atoms with Crippen LogP contribution in [0.1, 0.15) is 24.2 Å². The van der Waals surface area contributed by atoms with Gasteiger partial charge in [0.05, 0.1) is 16.1 Å². The Balaban J connectivity index is 3.09. The van der Waals surface area contributed by atoms with Crippen molar-refractivity contribution in [1.29, 1.82) is 0 Å². The van der Waals surface area contributed by atoms with Crippen molar-refractivity contribution in [3.8, 4) is 0 Å². The molecule has 17 heavy (non-hydrogen) atoms. The minimum atomic E-state index is -0.698. The summed E-state index contributed by atoms with van der Waals surface area (Å²) < 4.78 is 13.7. The second-order valence-electron chi connectivity index (χ2n) is 4.41. The van der Waals surface area contributed by atoms with E-state index in [-0.39, 0.29) is 16.5 Å². The predicted molar refractivity (Wildman–Crippen MR) is 68.3 cm³/mol. The van der Waals surface area contributed by atoms with E-state index < -0.39 is 17.3 Å². The molecule has 0 atom stereocenters. The van der Waals surface area contributed by atoms with Gasteiger partial charge in [0.1, 0.15) is 0 Å². The van der Waals surface area contributed by atoms with E-state index in [0.29, 0.717) is 0 Å². The van der Waals surface area contributed by atoms with Gasteiger partial charge in [-0.15, -0.1) is 11.6 Å². The monoisotopic (exact) mass is 277 g/mol. The first-order chi connectivity index (χ1) is 7.81. The molecule has 0 radical (unpaired) electrons. The molecule has 0 aliphatic heterocycles. The molecule has 1 aromatic rings. The number of carbonyl (C=O) groups excluding carboxylic acids is 1. The van der Waals surface area contributed by atoms with Crippen molar-refractivity contribution in [3.63, 3.8) is 0 Å². The molecule has 1 amide bonds. The lowest BCUT2D eigenvalue weighted by Gasteiger charge is -2.34. The van der Waals surface area contributed by atoms with Crippen molar-refractivity contribution in [3.05, 3.63) is 34.6 Å². The summed E-state index contributed by atoms with van der Waals surface area (Å²) in [5, 5.41) is -0.0621. The molecule has 5 heteroatoms. The Hall–Kier alpha value is -0.800. The molecule has 0 spiro atoms. The van der Waals surface area contributed by atoms with Gasteiger partial charge in [-0.2, -0.15) is 0 Å². The van der Waals surface area contributed by atoms with Crippen LogP contribution in [0.5, 0.6) is 0 Å². The Kier molecular flexibility index (Phi) is 4.39. The van der Waals surface area contributed by atoms with Crippen LogP contribution in [0.4, 0.5) is 4.39 Å². The number of amides is 1. The Morgan fingerprint density at radius 1 is 1.47 bits per heavy atom. The van der Waals surface area contributed by atoms with Crippen molar-refractivity contribution in [1.82, 2.24) is 4.90 Å². The number of nitrogens with zero attached hydrogens (tertiary/aromatic N) is 1. The van der Waals surface area contributed by atoms with Crippen molar-refractivity contribution in [2.45, 2.75) is 19.4 Å². The maximum absolute atomic E-state index is 13.7. The number of hydrogen-bond donors (Lipinski definition) is 0. The van der Waals surface area contributed by atoms with E-state index >= 15 is 0 Å². The van der Waals surface area contributed by atoms with Crippen LogP contribution in [-0.2, 0) is 0 Å². The Morgan fingerprint density at radius 3 is 2.59 bits per heavy atom. The van der Waals surface area contributed by atoms with E-state index in [4.69, 9.17) is 23.2 Å². The third-order valence-electron chi connectivity index (χ3n) is 2.72. The van der Waals surface area contributed by atoms with E-state index in [1.807, 2.05) is 0 Å². The SMILES string of the molecule is CN(C(=O)c1cccc(Cl)c1F)C(C)(C)CCl. The lowest BCUT2D eigenvalue weighted by molar-refractivity contribution is 0.0655. The Morgan fingerprint density at radius 2 is 2.06 bits per heavy atom. The molecule has 0 N–H and O–H groups in total. The molecule has 0 aliphatic rings. The van der Waals surface area contributed by atoms with Crippen LogP contribution in [-0.4, -0.2) is 29.3 Å². The first-order valence-electron chi connectivity index (χ1n) is 5.09. The summed E-state index contributed by atoms with van der Waals surface area (Å²) in [5.41, 5.74) is -0.592. The quantitative estimate of drug-likeness (QED) is 0.774. The van der Waals surface area contributed by atoms with Gasteiger partial charge in [0.2, 0.25) is 0 Å². The van der Waals surface area contributed by atoms with E-state index in [1.165, 1.54) is 17.0 Å². The van der Waals surface area contributed by atoms with Crippen LogP contribution in [0, 0.1) is 5.82 Å². The average Bonchev–Trinajstić information content (AvgIpc) is 2.30. The smallest absolute Gasteiger partial charge is 0.257 e. The molecule has 0 aromatic heterocycles. The fourth-order valence-corrected chi connectivity index (χ4v) is 1.57. The van der Waals surface area contributed by atoms with Gasteiger partial charge in [0.25, 0.3) is 5.91 Å². The number of benzene rings is 1. The fraction of sp³-hybridized carbons (Fsp3) is 0.417. The lowest BCUT2D eigenvalue weighted by atomic mass is 10.0. The molecule has 0 aliphatic carbocycles. The van der Waals surface area contributed by atoms with Crippen molar-refractivity contribution < 1.29 is 9.18 Å². The van der Waals surface area contributed by atoms with Crippen LogP contribution in [0.15, 0.2) is 18.2 Å². The number of alkyl halides is 1. The summed E-state index contributed by atoms with van der Waals surface area (Å²) in [6.07, 6.45) is 0. The second kappa shape index (κ2) is 5.23. The highest BCUT2D eigenvalue weighted by atomic mass is 35.5. The summed E-state index contributed by atoms with van der Waals surface area (Å²) in [7, 11) is 1.59. The van der Waals surface area contributed by atoms with Gasteiger partial charge < -0.3 is 4.90 Å². The number of hydrogen-bond acceptors (Lipinski definition) is 1. The second-order valence-corrected chi connectivity index (χ2v) is 5.09. The summed E-state index contributed by atoms with van der Waals surface area (Å²) in [4.78, 5) is 13.5. The van der Waals surface area contributed by atoms with Gasteiger partial charge in [0, 0.05) is 12.9 Å². The van der Waals surface area contributed by atoms with Crippen LogP contribution in [0.25, 0.3) is 0 Å². The summed E-state index contributed by atoms with van der Waals surface area (Å²) in [5.74, 6) is -0.871. The third kappa shape index (κ3) is 2.90. The van der Waals surface area contributed by atoms with Gasteiger partial charge in [-0.1, -0.05) is 17.7 Å². The molecule has 2 nitrogen and oxygen atoms in total. The fourth-order valence-electron chi connectivity index (χ4n) is 1.21. The lowest BCUT2D eigenvalue weighted by Crippen LogP contribution is -2.46. The Labute approximate surface area is 110 Å². The van der Waals surface area contributed by atoms with E-state index in [0.717, 1.165) is 0 Å². The maximum atomic E-state index is 13.7. The minimum absolute atomic E-state index is 0.0433. The van der Waals surface area contributed by atoms with Gasteiger partial charge in [-0.05, 0) is 26.0 Å². The van der Waals surface area contributed by atoms with Crippen molar-refractivity contribution in [2.24, 2.45) is 0 Å². The summed E-state index contributed by atoms with van der Waals surface area (Å²) >= 11 is 11.4. The highest BCUT2D eigenvalue weighted by Crippen LogP contribution is 2.22. The zero-order valence-corrected chi connectivity index (χ0v) is 11.4. The molecule has 1 rings (SSSR count). The first-order valence-corrected chi connectivity index (χ1v) is 6.00. The molecule has 1 aromatic carbocycles. The largest absolute Gasteiger partial charge is 0.335 e. The van der Waals surface area contributed by atoms with Crippen LogP contribution in [0.3, 0.4) is 0 Å². The normalized spacial score (nSPS) is 11.4. The van der Waals surface area contributed by atoms with Crippen molar-refractivity contribution >= 4 is 29.1 Å². The third-order valence-corrected chi connectivity index (χ3v) is 3.67. The van der Waals surface area contributed by atoms with Gasteiger partial charge in [0.15, 0.2) is 5.82 Å². The van der Waals surface area contributed by atoms with E-state index in [9.17, 15) is 9.18 Å². The highest BCUT2D eigenvalue weighted by molar-refractivity contribution is 6.31. The molecule has 0 unspecified atom stereocenters. The van der Waals surface area contributed by atoms with Gasteiger partial charge in [-0.25, -0.2) is 4.39 Å². The maximum Gasteiger partial charge on any atom is 0.257 e. The molecule has 0 bridgehead atoms. The van der Waals surface area contributed by atoms with Crippen LogP contribution in [0.2, 0.25) is 5.02 Å². The number of halogens is 3. The summed E-state index contributed by atoms with van der Waals surface area (Å²) in [6.45, 7) is 3.61. The van der Waals surface area contributed by atoms with E-state index in [1.54, 1.807) is 27.0 Å². The molecule has 0 saturated heterocycles. The van der Waals surface area contributed by atoms with Crippen LogP contribution < -0.4 is 0 Å². The molecule has 0 fully saturated rings. The standard InChI is InChI=1S/C12H14Cl2FNO/c1-12(2,7-13)16(3)11(17)8-5-4-6-9(14)10(8)15/h4-6H,7H2,1-3H3. The number of carbonyl (C=O) groups is 1. The van der Waals surface area contributed by atoms with Gasteiger partial charge >= 0.3 is 0 Å².